The Kier molecular flexibility index (Phi) is 4.96. The number of carbonyl (C=O) groups excluding carboxylic acids is 1. The van der Waals surface area contributed by atoms with Crippen LogP contribution in [0.2, 0.25) is 5.02 Å². The molecule has 0 N–H and O–H groups in total. The van der Waals surface area contributed by atoms with Gasteiger partial charge >= 0.3 is 0 Å². The monoisotopic (exact) mass is 353 g/mol. The van der Waals surface area contributed by atoms with Crippen LogP contribution in [0.25, 0.3) is 0 Å². The number of benzene rings is 1. The van der Waals surface area contributed by atoms with E-state index in [0.29, 0.717) is 18.9 Å². The van der Waals surface area contributed by atoms with Crippen molar-refractivity contribution in [3.63, 3.8) is 0 Å². The van der Waals surface area contributed by atoms with E-state index in [4.69, 9.17) is 11.6 Å². The number of hydrogen-bond donors (Lipinski definition) is 0. The van der Waals surface area contributed by atoms with Gasteiger partial charge in [-0.15, -0.1) is 0 Å². The molecule has 7 heteroatoms. The molecule has 1 fully saturated rings. The zero-order valence-electron chi connectivity index (χ0n) is 13.3. The average molecular weight is 354 g/mol. The molecule has 0 bridgehead atoms. The van der Waals surface area contributed by atoms with Crippen LogP contribution in [0.15, 0.2) is 24.5 Å². The second-order valence-corrected chi connectivity index (χ2v) is 6.53. The molecule has 0 radical (unpaired) electrons. The van der Waals surface area contributed by atoms with Gasteiger partial charge in [0, 0.05) is 44.0 Å². The first-order valence-electron chi connectivity index (χ1n) is 7.83. The predicted molar refractivity (Wildman–Crippen MR) is 86.9 cm³/mol. The molecule has 1 aromatic heterocycles. The molecule has 0 saturated carbocycles. The van der Waals surface area contributed by atoms with Crippen LogP contribution in [0.5, 0.6) is 0 Å². The fraction of sp³-hybridized carbons (Fsp3) is 0.412. The fourth-order valence-corrected chi connectivity index (χ4v) is 3.31. The summed E-state index contributed by atoms with van der Waals surface area (Å²) >= 11 is 5.74. The summed E-state index contributed by atoms with van der Waals surface area (Å²) in [7, 11) is 1.78. The van der Waals surface area contributed by atoms with Crippen LogP contribution in [0.3, 0.4) is 0 Å². The van der Waals surface area contributed by atoms with Gasteiger partial charge in [-0.3, -0.25) is 9.69 Å². The Labute approximate surface area is 144 Å². The quantitative estimate of drug-likeness (QED) is 0.624. The Morgan fingerprint density at radius 1 is 1.42 bits per heavy atom. The zero-order chi connectivity index (χ0) is 17.3. The Morgan fingerprint density at radius 3 is 2.92 bits per heavy atom. The fourth-order valence-electron chi connectivity index (χ4n) is 3.14. The number of halogens is 3. The lowest BCUT2D eigenvalue weighted by molar-refractivity contribution is 0.0795. The summed E-state index contributed by atoms with van der Waals surface area (Å²) in [4.78, 5) is 18.6. The average Bonchev–Trinajstić information content (AvgIpc) is 3.01. The van der Waals surface area contributed by atoms with Gasteiger partial charge in [-0.05, 0) is 31.5 Å². The van der Waals surface area contributed by atoms with Crippen molar-refractivity contribution in [1.82, 2.24) is 14.5 Å². The molecule has 0 amide bonds. The topological polar surface area (TPSA) is 38.1 Å². The molecule has 0 spiro atoms. The van der Waals surface area contributed by atoms with E-state index >= 15 is 0 Å². The van der Waals surface area contributed by atoms with Crippen LogP contribution in [0.1, 0.15) is 29.0 Å². The van der Waals surface area contributed by atoms with Gasteiger partial charge in [-0.1, -0.05) is 11.6 Å². The first-order valence-corrected chi connectivity index (χ1v) is 8.21. The van der Waals surface area contributed by atoms with E-state index in [0.717, 1.165) is 12.8 Å². The summed E-state index contributed by atoms with van der Waals surface area (Å²) in [6.45, 7) is 1.25. The minimum Gasteiger partial charge on any atom is -0.332 e. The van der Waals surface area contributed by atoms with E-state index < -0.39 is 11.6 Å². The number of ketones is 1. The maximum Gasteiger partial charge on any atom is 0.202 e. The second-order valence-electron chi connectivity index (χ2n) is 6.12. The van der Waals surface area contributed by atoms with E-state index in [2.05, 4.69) is 4.98 Å². The molecule has 1 unspecified atom stereocenters. The number of likely N-dealkylation sites (tertiary alicyclic amines) is 1. The van der Waals surface area contributed by atoms with Gasteiger partial charge in [0.15, 0.2) is 5.82 Å². The lowest BCUT2D eigenvalue weighted by atomic mass is 9.93. The Morgan fingerprint density at radius 2 is 2.21 bits per heavy atom. The van der Waals surface area contributed by atoms with E-state index in [-0.39, 0.29) is 28.8 Å². The normalized spacial score (nSPS) is 18.8. The first-order chi connectivity index (χ1) is 11.5. The van der Waals surface area contributed by atoms with Gasteiger partial charge in [0.05, 0.1) is 5.02 Å². The van der Waals surface area contributed by atoms with E-state index in [1.807, 2.05) is 4.90 Å². The standard InChI is InChI=1S/C17H18ClF2N3O/c1-22-8-6-21-17(22)16(24)11-3-2-7-23(9-11)10-12-14(19)5-4-13(18)15(12)20/h4-6,8,11H,2-3,7,9-10H2,1H3. The number of hydrogen-bond acceptors (Lipinski definition) is 3. The molecular weight excluding hydrogens is 336 g/mol. The highest BCUT2D eigenvalue weighted by atomic mass is 35.5. The molecule has 128 valence electrons. The molecule has 1 atom stereocenters. The Hall–Kier alpha value is -1.79. The largest absolute Gasteiger partial charge is 0.332 e. The van der Waals surface area contributed by atoms with E-state index in [1.165, 1.54) is 12.1 Å². The Bertz CT molecular complexity index is 762. The van der Waals surface area contributed by atoms with Gasteiger partial charge < -0.3 is 4.57 Å². The summed E-state index contributed by atoms with van der Waals surface area (Å²) < 4.78 is 29.7. The third-order valence-electron chi connectivity index (χ3n) is 4.44. The van der Waals surface area contributed by atoms with Crippen LogP contribution in [0.4, 0.5) is 8.78 Å². The van der Waals surface area contributed by atoms with Crippen molar-refractivity contribution in [2.24, 2.45) is 13.0 Å². The third-order valence-corrected chi connectivity index (χ3v) is 4.73. The molecule has 2 aromatic rings. The van der Waals surface area contributed by atoms with Crippen molar-refractivity contribution in [3.05, 3.63) is 52.6 Å². The summed E-state index contributed by atoms with van der Waals surface area (Å²) in [5.74, 6) is -1.17. The maximum absolute atomic E-state index is 14.1. The first kappa shape index (κ1) is 17.0. The summed E-state index contributed by atoms with van der Waals surface area (Å²) in [6, 6.07) is 2.38. The SMILES string of the molecule is Cn1ccnc1C(=O)C1CCCN(Cc2c(F)ccc(Cl)c2F)C1. The minimum absolute atomic E-state index is 0.0285. The van der Waals surface area contributed by atoms with Gasteiger partial charge in [0.1, 0.15) is 11.6 Å². The number of aromatic nitrogens is 2. The molecule has 0 aliphatic carbocycles. The number of carbonyl (C=O) groups is 1. The number of nitrogens with zero attached hydrogens (tertiary/aromatic N) is 3. The highest BCUT2D eigenvalue weighted by Gasteiger charge is 2.29. The molecule has 1 saturated heterocycles. The van der Waals surface area contributed by atoms with E-state index in [9.17, 15) is 13.6 Å². The minimum atomic E-state index is -0.728. The van der Waals surface area contributed by atoms with Crippen molar-refractivity contribution in [3.8, 4) is 0 Å². The number of imidazole rings is 1. The molecule has 24 heavy (non-hydrogen) atoms. The van der Waals surface area contributed by atoms with Crippen molar-refractivity contribution >= 4 is 17.4 Å². The van der Waals surface area contributed by atoms with Gasteiger partial charge in [0.25, 0.3) is 0 Å². The third kappa shape index (κ3) is 3.35. The number of aryl methyl sites for hydroxylation is 1. The summed E-state index contributed by atoms with van der Waals surface area (Å²) in [5, 5.41) is -0.0935. The van der Waals surface area contributed by atoms with Crippen LogP contribution >= 0.6 is 11.6 Å². The molecule has 3 rings (SSSR count). The van der Waals surface area contributed by atoms with Crippen LogP contribution in [-0.2, 0) is 13.6 Å². The van der Waals surface area contributed by atoms with Crippen molar-refractivity contribution in [2.45, 2.75) is 19.4 Å². The summed E-state index contributed by atoms with van der Waals surface area (Å²) in [6.07, 6.45) is 4.86. The number of piperidine rings is 1. The van der Waals surface area contributed by atoms with Crippen molar-refractivity contribution in [2.75, 3.05) is 13.1 Å². The highest BCUT2D eigenvalue weighted by Crippen LogP contribution is 2.26. The number of Topliss-reactive ketones (excluding diaryl/α,β-unsaturated/α-hetero) is 1. The number of rotatable bonds is 4. The van der Waals surface area contributed by atoms with Crippen molar-refractivity contribution in [1.29, 1.82) is 0 Å². The molecule has 2 heterocycles. The molecule has 1 aliphatic rings. The van der Waals surface area contributed by atoms with Gasteiger partial charge in [0.2, 0.25) is 5.78 Å². The van der Waals surface area contributed by atoms with Gasteiger partial charge in [-0.2, -0.15) is 0 Å². The van der Waals surface area contributed by atoms with Crippen molar-refractivity contribution < 1.29 is 13.6 Å². The second kappa shape index (κ2) is 6.99. The van der Waals surface area contributed by atoms with Crippen LogP contribution in [-0.4, -0.2) is 33.3 Å². The Balaban J connectivity index is 1.74. The maximum atomic E-state index is 14.1. The smallest absolute Gasteiger partial charge is 0.202 e. The van der Waals surface area contributed by atoms with Gasteiger partial charge in [-0.25, -0.2) is 13.8 Å². The predicted octanol–water partition coefficient (Wildman–Crippen LogP) is 3.45. The lowest BCUT2D eigenvalue weighted by Gasteiger charge is -2.32. The summed E-state index contributed by atoms with van der Waals surface area (Å²) in [5.41, 5.74) is -0.0485. The molecule has 4 nitrogen and oxygen atoms in total. The zero-order valence-corrected chi connectivity index (χ0v) is 14.1. The van der Waals surface area contributed by atoms with E-state index in [1.54, 1.807) is 24.0 Å². The highest BCUT2D eigenvalue weighted by molar-refractivity contribution is 6.30. The molecule has 1 aromatic carbocycles. The van der Waals surface area contributed by atoms with Crippen LogP contribution < -0.4 is 0 Å². The molecular formula is C17H18ClF2N3O. The molecule has 1 aliphatic heterocycles. The lowest BCUT2D eigenvalue weighted by Crippen LogP contribution is -2.39. The van der Waals surface area contributed by atoms with Crippen LogP contribution in [0, 0.1) is 17.6 Å².